The van der Waals surface area contributed by atoms with E-state index in [0.29, 0.717) is 6.42 Å². The summed E-state index contributed by atoms with van der Waals surface area (Å²) in [5.74, 6) is 0.914. The van der Waals surface area contributed by atoms with Gasteiger partial charge in [0.1, 0.15) is 12.0 Å². The van der Waals surface area contributed by atoms with E-state index in [4.69, 9.17) is 4.74 Å². The second-order valence-corrected chi connectivity index (χ2v) is 3.48. The zero-order valence-electron chi connectivity index (χ0n) is 8.96. The molecule has 1 aromatic carbocycles. The van der Waals surface area contributed by atoms with Crippen molar-refractivity contribution in [1.82, 2.24) is 0 Å². The maximum absolute atomic E-state index is 10.3. The number of aldehydes is 1. The molecule has 0 spiro atoms. The van der Waals surface area contributed by atoms with Crippen LogP contribution >= 0.6 is 0 Å². The molecular formula is C12H16O2. The van der Waals surface area contributed by atoms with Crippen molar-refractivity contribution in [2.75, 3.05) is 7.11 Å². The maximum atomic E-state index is 10.3. The fourth-order valence-electron chi connectivity index (χ4n) is 1.73. The third kappa shape index (κ3) is 2.34. The molecule has 0 saturated heterocycles. The molecule has 0 unspecified atom stereocenters. The van der Waals surface area contributed by atoms with E-state index < -0.39 is 0 Å². The van der Waals surface area contributed by atoms with Gasteiger partial charge in [-0.05, 0) is 31.4 Å². The maximum Gasteiger partial charge on any atom is 0.124 e. The number of ether oxygens (including phenoxy) is 1. The number of benzene rings is 1. The van der Waals surface area contributed by atoms with Crippen molar-refractivity contribution >= 4 is 6.29 Å². The van der Waals surface area contributed by atoms with Crippen LogP contribution in [0.4, 0.5) is 0 Å². The lowest BCUT2D eigenvalue weighted by Gasteiger charge is -2.11. The average Bonchev–Trinajstić information content (AvgIpc) is 2.14. The molecule has 2 nitrogen and oxygen atoms in total. The fraction of sp³-hybridized carbons (Fsp3) is 0.417. The molecule has 0 radical (unpaired) electrons. The Morgan fingerprint density at radius 2 is 2.07 bits per heavy atom. The molecule has 0 atom stereocenters. The summed E-state index contributed by atoms with van der Waals surface area (Å²) in [5.41, 5.74) is 3.47. The van der Waals surface area contributed by atoms with E-state index in [-0.39, 0.29) is 0 Å². The fourth-order valence-corrected chi connectivity index (χ4v) is 1.73. The van der Waals surface area contributed by atoms with Gasteiger partial charge in [0.2, 0.25) is 0 Å². The van der Waals surface area contributed by atoms with Gasteiger partial charge in [0.15, 0.2) is 0 Å². The summed E-state index contributed by atoms with van der Waals surface area (Å²) in [6, 6.07) is 4.17. The number of rotatable bonds is 4. The Hall–Kier alpha value is -1.31. The number of aryl methyl sites for hydroxylation is 3. The Balaban J connectivity index is 3.04. The van der Waals surface area contributed by atoms with E-state index in [9.17, 15) is 4.79 Å². The summed E-state index contributed by atoms with van der Waals surface area (Å²) >= 11 is 0. The SMILES string of the molecule is COc1c(C)cc(C)cc1CCC=O. The van der Waals surface area contributed by atoms with Crippen LogP contribution in [0.1, 0.15) is 23.1 Å². The first-order valence-electron chi connectivity index (χ1n) is 4.76. The highest BCUT2D eigenvalue weighted by Gasteiger charge is 2.06. The molecule has 1 rings (SSSR count). The van der Waals surface area contributed by atoms with E-state index in [0.717, 1.165) is 29.6 Å². The van der Waals surface area contributed by atoms with Gasteiger partial charge in [-0.3, -0.25) is 0 Å². The van der Waals surface area contributed by atoms with Crippen molar-refractivity contribution < 1.29 is 9.53 Å². The number of methoxy groups -OCH3 is 1. The molecule has 2 heteroatoms. The van der Waals surface area contributed by atoms with Crippen molar-refractivity contribution in [2.24, 2.45) is 0 Å². The molecule has 76 valence electrons. The Morgan fingerprint density at radius 3 is 2.64 bits per heavy atom. The quantitative estimate of drug-likeness (QED) is 0.685. The van der Waals surface area contributed by atoms with Gasteiger partial charge in [0.25, 0.3) is 0 Å². The molecule has 1 aromatic rings. The highest BCUT2D eigenvalue weighted by Crippen LogP contribution is 2.25. The Bertz CT molecular complexity index is 329. The third-order valence-electron chi connectivity index (χ3n) is 2.23. The van der Waals surface area contributed by atoms with Crippen LogP contribution in [-0.4, -0.2) is 13.4 Å². The zero-order valence-corrected chi connectivity index (χ0v) is 8.96. The minimum atomic E-state index is 0.555. The van der Waals surface area contributed by atoms with Gasteiger partial charge in [0, 0.05) is 6.42 Å². The van der Waals surface area contributed by atoms with Crippen LogP contribution in [0.5, 0.6) is 5.75 Å². The molecule has 0 fully saturated rings. The molecule has 0 aliphatic heterocycles. The van der Waals surface area contributed by atoms with Gasteiger partial charge in [-0.2, -0.15) is 0 Å². The van der Waals surface area contributed by atoms with E-state index in [1.54, 1.807) is 7.11 Å². The van der Waals surface area contributed by atoms with Crippen LogP contribution in [0.15, 0.2) is 12.1 Å². The molecule has 0 aromatic heterocycles. The molecule has 0 amide bonds. The van der Waals surface area contributed by atoms with Crippen LogP contribution in [0, 0.1) is 13.8 Å². The van der Waals surface area contributed by atoms with Crippen LogP contribution in [0.2, 0.25) is 0 Å². The molecule has 0 N–H and O–H groups in total. The molecule has 0 aliphatic carbocycles. The summed E-state index contributed by atoms with van der Waals surface area (Å²) in [5, 5.41) is 0. The monoisotopic (exact) mass is 192 g/mol. The smallest absolute Gasteiger partial charge is 0.124 e. The number of carbonyl (C=O) groups is 1. The first kappa shape index (κ1) is 10.8. The first-order chi connectivity index (χ1) is 6.69. The predicted octanol–water partition coefficient (Wildman–Crippen LogP) is 2.44. The Morgan fingerprint density at radius 1 is 1.36 bits per heavy atom. The number of hydrogen-bond donors (Lipinski definition) is 0. The second kappa shape index (κ2) is 4.80. The van der Waals surface area contributed by atoms with Gasteiger partial charge >= 0.3 is 0 Å². The summed E-state index contributed by atoms with van der Waals surface area (Å²) in [6.07, 6.45) is 2.26. The minimum absolute atomic E-state index is 0.555. The van der Waals surface area contributed by atoms with Crippen molar-refractivity contribution in [3.8, 4) is 5.75 Å². The molecule has 0 saturated carbocycles. The zero-order chi connectivity index (χ0) is 10.6. The van der Waals surface area contributed by atoms with Gasteiger partial charge in [0.05, 0.1) is 7.11 Å². The van der Waals surface area contributed by atoms with E-state index in [2.05, 4.69) is 19.1 Å². The Labute approximate surface area is 84.9 Å². The lowest BCUT2D eigenvalue weighted by atomic mass is 10.0. The van der Waals surface area contributed by atoms with Crippen LogP contribution in [0.25, 0.3) is 0 Å². The summed E-state index contributed by atoms with van der Waals surface area (Å²) < 4.78 is 5.31. The van der Waals surface area contributed by atoms with E-state index in [1.165, 1.54) is 5.56 Å². The highest BCUT2D eigenvalue weighted by molar-refractivity contribution is 5.52. The molecular weight excluding hydrogens is 176 g/mol. The van der Waals surface area contributed by atoms with Crippen LogP contribution < -0.4 is 4.74 Å². The van der Waals surface area contributed by atoms with Crippen molar-refractivity contribution in [1.29, 1.82) is 0 Å². The van der Waals surface area contributed by atoms with Gasteiger partial charge in [-0.15, -0.1) is 0 Å². The number of carbonyl (C=O) groups excluding carboxylic acids is 1. The molecule has 0 aliphatic rings. The summed E-state index contributed by atoms with van der Waals surface area (Å²) in [6.45, 7) is 4.08. The van der Waals surface area contributed by atoms with Gasteiger partial charge < -0.3 is 9.53 Å². The molecule has 0 bridgehead atoms. The predicted molar refractivity (Wildman–Crippen MR) is 56.9 cm³/mol. The lowest BCUT2D eigenvalue weighted by molar-refractivity contribution is -0.107. The Kier molecular flexibility index (Phi) is 3.69. The molecule has 0 heterocycles. The van der Waals surface area contributed by atoms with Gasteiger partial charge in [-0.1, -0.05) is 17.7 Å². The average molecular weight is 192 g/mol. The second-order valence-electron chi connectivity index (χ2n) is 3.48. The summed E-state index contributed by atoms with van der Waals surface area (Å²) in [4.78, 5) is 10.3. The van der Waals surface area contributed by atoms with Crippen molar-refractivity contribution in [3.63, 3.8) is 0 Å². The first-order valence-corrected chi connectivity index (χ1v) is 4.76. The summed E-state index contributed by atoms with van der Waals surface area (Å²) in [7, 11) is 1.67. The standard InChI is InChI=1S/C12H16O2/c1-9-7-10(2)12(14-3)11(8-9)5-4-6-13/h6-8H,4-5H2,1-3H3. The lowest BCUT2D eigenvalue weighted by Crippen LogP contribution is -1.96. The third-order valence-corrected chi connectivity index (χ3v) is 2.23. The highest BCUT2D eigenvalue weighted by atomic mass is 16.5. The van der Waals surface area contributed by atoms with Crippen molar-refractivity contribution in [2.45, 2.75) is 26.7 Å². The van der Waals surface area contributed by atoms with Crippen molar-refractivity contribution in [3.05, 3.63) is 28.8 Å². The topological polar surface area (TPSA) is 26.3 Å². The van der Waals surface area contributed by atoms with Crippen LogP contribution in [0.3, 0.4) is 0 Å². The largest absolute Gasteiger partial charge is 0.496 e. The van der Waals surface area contributed by atoms with E-state index >= 15 is 0 Å². The normalized spacial score (nSPS) is 9.93. The minimum Gasteiger partial charge on any atom is -0.496 e. The van der Waals surface area contributed by atoms with Crippen LogP contribution in [-0.2, 0) is 11.2 Å². The van der Waals surface area contributed by atoms with Gasteiger partial charge in [-0.25, -0.2) is 0 Å². The molecule has 14 heavy (non-hydrogen) atoms. The number of hydrogen-bond acceptors (Lipinski definition) is 2. The van der Waals surface area contributed by atoms with E-state index in [1.807, 2.05) is 6.92 Å².